The van der Waals surface area contributed by atoms with Gasteiger partial charge in [0.15, 0.2) is 5.82 Å². The van der Waals surface area contributed by atoms with E-state index in [9.17, 15) is 4.39 Å². The Bertz CT molecular complexity index is 684. The molecule has 4 N–H and O–H groups in total. The lowest BCUT2D eigenvalue weighted by Gasteiger charge is -2.04. The maximum absolute atomic E-state index is 12.9. The van der Waals surface area contributed by atoms with E-state index in [-0.39, 0.29) is 5.82 Å². The Balaban J connectivity index is 0.000000774. The van der Waals surface area contributed by atoms with Crippen LogP contribution in [-0.4, -0.2) is 9.97 Å². The van der Waals surface area contributed by atoms with Gasteiger partial charge in [-0.1, -0.05) is 30.3 Å². The zero-order chi connectivity index (χ0) is 15.1. The van der Waals surface area contributed by atoms with E-state index in [0.717, 1.165) is 16.8 Å². The van der Waals surface area contributed by atoms with Crippen LogP contribution in [-0.2, 0) is 0 Å². The molecule has 3 rings (SSSR count). The van der Waals surface area contributed by atoms with E-state index in [4.69, 9.17) is 0 Å². The van der Waals surface area contributed by atoms with Crippen molar-refractivity contribution in [2.24, 2.45) is 11.7 Å². The number of hydrogen-bond acceptors (Lipinski definition) is 4. The van der Waals surface area contributed by atoms with E-state index in [1.54, 1.807) is 18.3 Å². The lowest BCUT2D eigenvalue weighted by Crippen LogP contribution is -2.02. The van der Waals surface area contributed by atoms with Crippen LogP contribution in [0.2, 0.25) is 0 Å². The van der Waals surface area contributed by atoms with Crippen molar-refractivity contribution in [3.63, 3.8) is 0 Å². The summed E-state index contributed by atoms with van der Waals surface area (Å²) >= 11 is 0. The lowest BCUT2D eigenvalue weighted by molar-refractivity contribution is 0.628. The zero-order valence-corrected chi connectivity index (χ0v) is 11.3. The number of aromatic nitrogens is 2. The van der Waals surface area contributed by atoms with Gasteiger partial charge < -0.3 is 0 Å². The Kier molecular flexibility index (Phi) is 5.09. The molecule has 21 heavy (non-hydrogen) atoms. The summed E-state index contributed by atoms with van der Waals surface area (Å²) in [6.07, 6.45) is 1.72. The summed E-state index contributed by atoms with van der Waals surface area (Å²) in [5, 5.41) is 0. The maximum Gasteiger partial charge on any atom is 0.159 e. The van der Waals surface area contributed by atoms with E-state index in [1.165, 1.54) is 12.1 Å². The third-order valence-corrected chi connectivity index (χ3v) is 2.83. The van der Waals surface area contributed by atoms with Gasteiger partial charge in [0.2, 0.25) is 0 Å². The summed E-state index contributed by atoms with van der Waals surface area (Å²) in [7, 11) is 0. The molecule has 0 aliphatic heterocycles. The topological polar surface area (TPSA) is 77.8 Å². The molecule has 4 nitrogen and oxygen atoms in total. The first-order chi connectivity index (χ1) is 10.3. The van der Waals surface area contributed by atoms with Crippen LogP contribution in [0.5, 0.6) is 0 Å². The van der Waals surface area contributed by atoms with Gasteiger partial charge in [-0.25, -0.2) is 14.4 Å². The number of halogens is 1. The van der Waals surface area contributed by atoms with Crippen LogP contribution in [0.1, 0.15) is 0 Å². The molecule has 106 valence electrons. The lowest BCUT2D eigenvalue weighted by atomic mass is 10.1. The summed E-state index contributed by atoms with van der Waals surface area (Å²) in [5.41, 5.74) is 2.63. The fourth-order valence-electron chi connectivity index (χ4n) is 1.87. The van der Waals surface area contributed by atoms with Gasteiger partial charge in [-0.2, -0.15) is 0 Å². The van der Waals surface area contributed by atoms with Gasteiger partial charge in [0, 0.05) is 17.3 Å². The first-order valence-corrected chi connectivity index (χ1v) is 6.31. The van der Waals surface area contributed by atoms with Crippen molar-refractivity contribution in [3.8, 4) is 22.6 Å². The minimum atomic E-state index is -0.249. The number of nitrogens with zero attached hydrogens (tertiary/aromatic N) is 2. The molecule has 5 heteroatoms. The van der Waals surface area contributed by atoms with Crippen molar-refractivity contribution in [3.05, 3.63) is 72.7 Å². The molecule has 0 amide bonds. The monoisotopic (exact) mass is 282 g/mol. The second-order valence-corrected chi connectivity index (χ2v) is 4.14. The van der Waals surface area contributed by atoms with Crippen LogP contribution >= 0.6 is 0 Å². The van der Waals surface area contributed by atoms with Gasteiger partial charge in [-0.05, 0) is 30.3 Å². The molecule has 0 saturated carbocycles. The third kappa shape index (κ3) is 3.68. The van der Waals surface area contributed by atoms with Crippen LogP contribution < -0.4 is 11.7 Å². The van der Waals surface area contributed by atoms with Crippen molar-refractivity contribution in [2.45, 2.75) is 0 Å². The number of nitrogens with two attached hydrogens (primary N) is 2. The molecular weight excluding hydrogens is 267 g/mol. The Morgan fingerprint density at radius 2 is 1.43 bits per heavy atom. The van der Waals surface area contributed by atoms with Crippen LogP contribution in [0.15, 0.2) is 66.9 Å². The quantitative estimate of drug-likeness (QED) is 0.559. The predicted molar refractivity (Wildman–Crippen MR) is 81.2 cm³/mol. The second-order valence-electron chi connectivity index (χ2n) is 4.14. The average Bonchev–Trinajstić information content (AvgIpc) is 2.58. The predicted octanol–water partition coefficient (Wildman–Crippen LogP) is 2.77. The van der Waals surface area contributed by atoms with Crippen molar-refractivity contribution >= 4 is 0 Å². The van der Waals surface area contributed by atoms with E-state index >= 15 is 0 Å². The zero-order valence-electron chi connectivity index (χ0n) is 11.3. The first-order valence-electron chi connectivity index (χ1n) is 6.31. The van der Waals surface area contributed by atoms with Crippen LogP contribution in [0.4, 0.5) is 4.39 Å². The largest absolute Gasteiger partial charge is 0.274 e. The molecular formula is C16H15FN4. The summed E-state index contributed by atoms with van der Waals surface area (Å²) in [6.45, 7) is 0. The van der Waals surface area contributed by atoms with E-state index < -0.39 is 0 Å². The van der Waals surface area contributed by atoms with Crippen molar-refractivity contribution in [1.82, 2.24) is 9.97 Å². The summed E-state index contributed by atoms with van der Waals surface area (Å²) in [6, 6.07) is 17.9. The molecule has 1 heterocycles. The molecule has 1 aromatic heterocycles. The molecule has 0 radical (unpaired) electrons. The maximum atomic E-state index is 12.9. The third-order valence-electron chi connectivity index (χ3n) is 2.83. The van der Waals surface area contributed by atoms with Crippen LogP contribution in [0.25, 0.3) is 22.6 Å². The Morgan fingerprint density at radius 1 is 0.762 bits per heavy atom. The van der Waals surface area contributed by atoms with E-state index in [1.807, 2.05) is 36.4 Å². The molecule has 0 spiro atoms. The molecule has 0 unspecified atom stereocenters. The molecule has 0 saturated heterocycles. The highest BCUT2D eigenvalue weighted by Gasteiger charge is 2.04. The number of rotatable bonds is 2. The fraction of sp³-hybridized carbons (Fsp3) is 0. The smallest absolute Gasteiger partial charge is 0.159 e. The average molecular weight is 282 g/mol. The highest BCUT2D eigenvalue weighted by atomic mass is 19.1. The normalized spacial score (nSPS) is 9.67. The molecule has 0 atom stereocenters. The minimum absolute atomic E-state index is 0.249. The van der Waals surface area contributed by atoms with Gasteiger partial charge in [0.05, 0.1) is 5.69 Å². The minimum Gasteiger partial charge on any atom is -0.274 e. The molecule has 2 aromatic carbocycles. The van der Waals surface area contributed by atoms with Gasteiger partial charge in [0.25, 0.3) is 0 Å². The molecule has 0 bridgehead atoms. The SMILES string of the molecule is Fc1ccc(-c2ccnc(-c3ccccc3)n2)cc1.NN. The van der Waals surface area contributed by atoms with Crippen LogP contribution in [0, 0.1) is 5.82 Å². The summed E-state index contributed by atoms with van der Waals surface area (Å²) in [4.78, 5) is 8.78. The molecule has 3 aromatic rings. The second kappa shape index (κ2) is 7.23. The van der Waals surface area contributed by atoms with E-state index in [0.29, 0.717) is 5.82 Å². The van der Waals surface area contributed by atoms with E-state index in [2.05, 4.69) is 21.7 Å². The standard InChI is InChI=1S/C16H11FN2.H4N2/c17-14-8-6-12(7-9-14)15-10-11-18-16(19-15)13-4-2-1-3-5-13;1-2/h1-11H;1-2H2. The first kappa shape index (κ1) is 14.8. The van der Waals surface area contributed by atoms with Gasteiger partial charge >= 0.3 is 0 Å². The molecule has 0 aliphatic rings. The Morgan fingerprint density at radius 3 is 2.10 bits per heavy atom. The number of hydrogen-bond donors (Lipinski definition) is 2. The van der Waals surface area contributed by atoms with Crippen LogP contribution in [0.3, 0.4) is 0 Å². The Labute approximate surface area is 122 Å². The molecule has 0 aliphatic carbocycles. The van der Waals surface area contributed by atoms with Crippen molar-refractivity contribution in [2.75, 3.05) is 0 Å². The summed E-state index contributed by atoms with van der Waals surface area (Å²) < 4.78 is 12.9. The highest BCUT2D eigenvalue weighted by Crippen LogP contribution is 2.20. The number of hydrazine groups is 1. The summed E-state index contributed by atoms with van der Waals surface area (Å²) in [5.74, 6) is 8.42. The van der Waals surface area contributed by atoms with Crippen molar-refractivity contribution in [1.29, 1.82) is 0 Å². The van der Waals surface area contributed by atoms with Gasteiger partial charge in [-0.15, -0.1) is 0 Å². The molecule has 0 fully saturated rings. The fourth-order valence-corrected chi connectivity index (χ4v) is 1.87. The highest BCUT2D eigenvalue weighted by molar-refractivity contribution is 5.63. The van der Waals surface area contributed by atoms with Crippen molar-refractivity contribution < 1.29 is 4.39 Å². The number of benzene rings is 2. The Hall–Kier alpha value is -2.63. The van der Waals surface area contributed by atoms with Gasteiger partial charge in [0.1, 0.15) is 5.82 Å². The van der Waals surface area contributed by atoms with Gasteiger partial charge in [-0.3, -0.25) is 11.7 Å².